The predicted molar refractivity (Wildman–Crippen MR) is 185 cm³/mol. The first-order chi connectivity index (χ1) is 21.9. The van der Waals surface area contributed by atoms with Crippen molar-refractivity contribution in [2.45, 2.75) is 118 Å². The van der Waals surface area contributed by atoms with Crippen molar-refractivity contribution in [1.29, 1.82) is 0 Å². The number of nitrogens with zero attached hydrogens (tertiary/aromatic N) is 1. The Bertz CT molecular complexity index is 1380. The van der Waals surface area contributed by atoms with Gasteiger partial charge in [-0.3, -0.25) is 4.79 Å². The number of nitrogens with one attached hydrogen (secondary N) is 1. The summed E-state index contributed by atoms with van der Waals surface area (Å²) >= 11 is 0. The van der Waals surface area contributed by atoms with Crippen LogP contribution in [0.4, 0.5) is 0 Å². The Kier molecular flexibility index (Phi) is 8.09. The molecule has 1 saturated heterocycles. The number of carboxylic acids is 1. The van der Waals surface area contributed by atoms with Crippen LogP contribution < -0.4 is 5.32 Å². The monoisotopic (exact) mass is 628 g/mol. The Morgan fingerprint density at radius 1 is 0.891 bits per heavy atom. The number of carbonyl (C=O) groups is 2. The minimum absolute atomic E-state index is 0.0533. The van der Waals surface area contributed by atoms with Gasteiger partial charge in [0.05, 0.1) is 5.56 Å². The molecular formula is C41H60N2O3. The normalized spacial score (nSPS) is 41.3. The van der Waals surface area contributed by atoms with E-state index in [-0.39, 0.29) is 10.8 Å². The van der Waals surface area contributed by atoms with Crippen LogP contribution in [-0.4, -0.2) is 48.1 Å². The molecule has 1 amide bonds. The van der Waals surface area contributed by atoms with Crippen molar-refractivity contribution in [3.63, 3.8) is 0 Å². The standard InChI is InChI=1S/C41H60N2O3/c1-37(2)30(28-11-13-29(14-12-28)36(45)46)17-20-38(3)33(37)18-21-40(5)34(38)16-15-31-32-9-6-19-41(32,23-22-39(31,40)4)27-42-24-8-26-43-25-7-10-35(43)44/h11-14,17,31-34,42H,6-10,15-16,18-27H2,1-5H3,(H,45,46)/t31?,32?,33?,34?,38?,39-,40?,41?/m1/s1. The molecule has 2 N–H and O–H groups in total. The molecule has 7 unspecified atom stereocenters. The smallest absolute Gasteiger partial charge is 0.335 e. The maximum atomic E-state index is 12.0. The lowest BCUT2D eigenvalue weighted by Gasteiger charge is -2.72. The van der Waals surface area contributed by atoms with E-state index in [0.29, 0.717) is 33.6 Å². The van der Waals surface area contributed by atoms with Gasteiger partial charge in [-0.15, -0.1) is 0 Å². The van der Waals surface area contributed by atoms with E-state index in [4.69, 9.17) is 0 Å². The zero-order valence-electron chi connectivity index (χ0n) is 29.4. The average Bonchev–Trinajstić information content (AvgIpc) is 3.63. The highest BCUT2D eigenvalue weighted by atomic mass is 16.4. The van der Waals surface area contributed by atoms with E-state index in [1.54, 1.807) is 12.1 Å². The molecule has 0 aromatic heterocycles. The molecule has 1 aromatic rings. The van der Waals surface area contributed by atoms with E-state index in [0.717, 1.165) is 63.1 Å². The van der Waals surface area contributed by atoms with E-state index in [1.165, 1.54) is 75.5 Å². The molecule has 0 bridgehead atoms. The quantitative estimate of drug-likeness (QED) is 0.282. The van der Waals surface area contributed by atoms with Crippen LogP contribution in [0, 0.1) is 50.7 Å². The topological polar surface area (TPSA) is 69.6 Å². The number of benzene rings is 1. The molecule has 0 spiro atoms. The molecular weight excluding hydrogens is 568 g/mol. The number of carboxylic acid groups (broad SMARTS) is 1. The van der Waals surface area contributed by atoms with Crippen LogP contribution in [0.25, 0.3) is 5.57 Å². The fourth-order valence-corrected chi connectivity index (χ4v) is 13.6. The second-order valence-electron chi connectivity index (χ2n) is 18.0. The lowest BCUT2D eigenvalue weighted by atomic mass is 9.32. The summed E-state index contributed by atoms with van der Waals surface area (Å²) in [4.78, 5) is 25.6. The molecule has 46 heavy (non-hydrogen) atoms. The first kappa shape index (κ1) is 32.4. The second kappa shape index (κ2) is 11.5. The summed E-state index contributed by atoms with van der Waals surface area (Å²) in [5.74, 6) is 2.56. The van der Waals surface area contributed by atoms with Gasteiger partial charge in [-0.25, -0.2) is 4.79 Å². The molecule has 1 aromatic carbocycles. The molecule has 252 valence electrons. The molecule has 5 nitrogen and oxygen atoms in total. The van der Waals surface area contributed by atoms with Crippen molar-refractivity contribution in [3.05, 3.63) is 41.5 Å². The number of hydrogen-bond donors (Lipinski definition) is 2. The highest BCUT2D eigenvalue weighted by Gasteiger charge is 2.69. The van der Waals surface area contributed by atoms with Gasteiger partial charge >= 0.3 is 5.97 Å². The number of rotatable bonds is 8. The summed E-state index contributed by atoms with van der Waals surface area (Å²) < 4.78 is 0. The Hall–Kier alpha value is -2.14. The number of fused-ring (bicyclic) bond motifs is 7. The summed E-state index contributed by atoms with van der Waals surface area (Å²) in [5.41, 5.74) is 4.57. The molecule has 5 aliphatic carbocycles. The van der Waals surface area contributed by atoms with Crippen LogP contribution in [0.3, 0.4) is 0 Å². The van der Waals surface area contributed by atoms with Crippen LogP contribution in [-0.2, 0) is 4.79 Å². The molecule has 5 fully saturated rings. The lowest BCUT2D eigenvalue weighted by molar-refractivity contribution is -0.222. The fraction of sp³-hybridized carbons (Fsp3) is 0.756. The molecule has 8 atom stereocenters. The van der Waals surface area contributed by atoms with Crippen LogP contribution in [0.15, 0.2) is 30.3 Å². The molecule has 0 radical (unpaired) electrons. The highest BCUT2D eigenvalue weighted by molar-refractivity contribution is 5.88. The zero-order valence-corrected chi connectivity index (χ0v) is 29.4. The summed E-state index contributed by atoms with van der Waals surface area (Å²) in [6.07, 6.45) is 18.9. The summed E-state index contributed by atoms with van der Waals surface area (Å²) in [6, 6.07) is 7.64. The number of allylic oxidation sites excluding steroid dienone is 2. The third-order valence-corrected chi connectivity index (χ3v) is 16.0. The number of carbonyl (C=O) groups excluding carboxylic acids is 1. The first-order valence-corrected chi connectivity index (χ1v) is 18.9. The average molecular weight is 629 g/mol. The van der Waals surface area contributed by atoms with Crippen LogP contribution in [0.2, 0.25) is 0 Å². The van der Waals surface area contributed by atoms with E-state index >= 15 is 0 Å². The lowest BCUT2D eigenvalue weighted by Crippen LogP contribution is -2.65. The molecule has 1 heterocycles. The first-order valence-electron chi connectivity index (χ1n) is 18.9. The van der Waals surface area contributed by atoms with Gasteiger partial charge in [0.1, 0.15) is 0 Å². The largest absolute Gasteiger partial charge is 0.478 e. The Labute approximate surface area is 278 Å². The van der Waals surface area contributed by atoms with Gasteiger partial charge in [-0.05, 0) is 151 Å². The van der Waals surface area contributed by atoms with Crippen molar-refractivity contribution >= 4 is 17.4 Å². The molecule has 1 aliphatic heterocycles. The van der Waals surface area contributed by atoms with Crippen molar-refractivity contribution in [2.75, 3.05) is 26.2 Å². The Morgan fingerprint density at radius 2 is 1.67 bits per heavy atom. The Morgan fingerprint density at radius 3 is 2.39 bits per heavy atom. The van der Waals surface area contributed by atoms with Crippen molar-refractivity contribution in [2.24, 2.45) is 50.7 Å². The number of aromatic carboxylic acids is 1. The molecule has 7 rings (SSSR count). The molecule has 6 aliphatic rings. The van der Waals surface area contributed by atoms with Gasteiger partial charge in [0.2, 0.25) is 5.91 Å². The van der Waals surface area contributed by atoms with Crippen molar-refractivity contribution in [3.8, 4) is 0 Å². The van der Waals surface area contributed by atoms with Crippen LogP contribution >= 0.6 is 0 Å². The summed E-state index contributed by atoms with van der Waals surface area (Å²) in [6.45, 7) is 17.2. The SMILES string of the molecule is CC1(C)C(c2ccc(C(=O)O)cc2)=CCC2(C)C1CCC1(C)C2CCC2C3CCCC3(CNCCCN3CCCC3=O)CC[C@]21C. The molecule has 5 heteroatoms. The van der Waals surface area contributed by atoms with Gasteiger partial charge < -0.3 is 15.3 Å². The van der Waals surface area contributed by atoms with E-state index in [1.807, 2.05) is 12.1 Å². The van der Waals surface area contributed by atoms with Gasteiger partial charge in [-0.2, -0.15) is 0 Å². The zero-order chi connectivity index (χ0) is 32.5. The van der Waals surface area contributed by atoms with Gasteiger partial charge in [0.15, 0.2) is 0 Å². The molecule has 4 saturated carbocycles. The predicted octanol–water partition coefficient (Wildman–Crippen LogP) is 8.84. The van der Waals surface area contributed by atoms with Gasteiger partial charge in [0, 0.05) is 26.1 Å². The second-order valence-corrected chi connectivity index (χ2v) is 18.0. The number of hydrogen-bond acceptors (Lipinski definition) is 3. The third-order valence-electron chi connectivity index (χ3n) is 16.0. The summed E-state index contributed by atoms with van der Waals surface area (Å²) in [5, 5.41) is 13.4. The van der Waals surface area contributed by atoms with E-state index in [2.05, 4.69) is 50.9 Å². The minimum Gasteiger partial charge on any atom is -0.478 e. The number of likely N-dealkylation sites (tertiary alicyclic amines) is 1. The van der Waals surface area contributed by atoms with Gasteiger partial charge in [0.25, 0.3) is 0 Å². The van der Waals surface area contributed by atoms with Crippen LogP contribution in [0.1, 0.15) is 134 Å². The van der Waals surface area contributed by atoms with Crippen LogP contribution in [0.5, 0.6) is 0 Å². The Balaban J connectivity index is 1.08. The van der Waals surface area contributed by atoms with Crippen molar-refractivity contribution in [1.82, 2.24) is 10.2 Å². The minimum atomic E-state index is -0.854. The fourth-order valence-electron chi connectivity index (χ4n) is 13.6. The highest BCUT2D eigenvalue weighted by Crippen LogP contribution is 2.77. The summed E-state index contributed by atoms with van der Waals surface area (Å²) in [7, 11) is 0. The number of amides is 1. The maximum absolute atomic E-state index is 12.0. The third kappa shape index (κ3) is 4.78. The van der Waals surface area contributed by atoms with Crippen molar-refractivity contribution < 1.29 is 14.7 Å². The maximum Gasteiger partial charge on any atom is 0.335 e. The van der Waals surface area contributed by atoms with Gasteiger partial charge in [-0.1, -0.05) is 59.2 Å². The van der Waals surface area contributed by atoms with E-state index in [9.17, 15) is 14.7 Å². The van der Waals surface area contributed by atoms with E-state index < -0.39 is 5.97 Å².